The average Bonchev–Trinajstić information content (AvgIpc) is 3.32. The Morgan fingerprint density at radius 3 is 2.11 bits per heavy atom. The molecule has 0 aliphatic rings. The van der Waals surface area contributed by atoms with Crippen LogP contribution in [0.3, 0.4) is 0 Å². The van der Waals surface area contributed by atoms with E-state index < -0.39 is 23.6 Å². The van der Waals surface area contributed by atoms with Crippen molar-refractivity contribution in [2.24, 2.45) is 0 Å². The summed E-state index contributed by atoms with van der Waals surface area (Å²) in [5.74, 6) is -1.53. The van der Waals surface area contributed by atoms with Gasteiger partial charge in [-0.2, -0.15) is 12.6 Å². The van der Waals surface area contributed by atoms with Gasteiger partial charge in [-0.25, -0.2) is 0 Å². The van der Waals surface area contributed by atoms with Crippen molar-refractivity contribution in [1.82, 2.24) is 25.8 Å². The lowest BCUT2D eigenvalue weighted by molar-refractivity contribution is -0.128. The predicted molar refractivity (Wildman–Crippen MR) is 176 cm³/mol. The highest BCUT2D eigenvalue weighted by Crippen LogP contribution is 2.31. The van der Waals surface area contributed by atoms with Crippen LogP contribution in [0.5, 0.6) is 5.75 Å². The number of ether oxygens (including phenoxy) is 1. The molecule has 0 bridgehead atoms. The average molecular weight is 652 g/mol. The molecule has 45 heavy (non-hydrogen) atoms. The number of carbonyl (C=O) groups is 5. The van der Waals surface area contributed by atoms with Gasteiger partial charge in [0.05, 0.1) is 37.2 Å². The lowest BCUT2D eigenvalue weighted by atomic mass is 10.1. The molecule has 3 rings (SSSR count). The molecule has 0 aliphatic heterocycles. The van der Waals surface area contributed by atoms with E-state index >= 15 is 0 Å². The molecule has 0 saturated carbocycles. The van der Waals surface area contributed by atoms with Crippen molar-refractivity contribution in [2.45, 2.75) is 20.3 Å². The molecular formula is C32H34ClN5O6S. The summed E-state index contributed by atoms with van der Waals surface area (Å²) in [6, 6.07) is 12.4. The van der Waals surface area contributed by atoms with Crippen LogP contribution in [0.2, 0.25) is 5.02 Å². The SMILES string of the molecule is CCc1c(C)n(C(=O)c2ccc(Cl)cc2)c2ccc(O\C=C/C=C/C=C/NC(=O)CNC(=O)CNC(=O)CNC(=O)CS)cc12. The molecule has 1 aromatic heterocycles. The quantitative estimate of drug-likeness (QED) is 0.103. The van der Waals surface area contributed by atoms with E-state index in [1.165, 1.54) is 12.5 Å². The van der Waals surface area contributed by atoms with Gasteiger partial charge < -0.3 is 26.0 Å². The van der Waals surface area contributed by atoms with E-state index in [2.05, 4.69) is 33.9 Å². The second kappa shape index (κ2) is 17.5. The number of aromatic nitrogens is 1. The predicted octanol–water partition coefficient (Wildman–Crippen LogP) is 3.21. The van der Waals surface area contributed by atoms with E-state index in [9.17, 15) is 24.0 Å². The van der Waals surface area contributed by atoms with Gasteiger partial charge in [0.15, 0.2) is 0 Å². The van der Waals surface area contributed by atoms with E-state index in [4.69, 9.17) is 16.3 Å². The van der Waals surface area contributed by atoms with Crippen molar-refractivity contribution in [3.8, 4) is 5.75 Å². The molecule has 4 amide bonds. The zero-order valence-corrected chi connectivity index (χ0v) is 26.4. The lowest BCUT2D eigenvalue weighted by Gasteiger charge is -2.08. The second-order valence-electron chi connectivity index (χ2n) is 9.49. The molecular weight excluding hydrogens is 618 g/mol. The van der Waals surface area contributed by atoms with Crippen LogP contribution in [0.25, 0.3) is 10.9 Å². The summed E-state index contributed by atoms with van der Waals surface area (Å²) in [7, 11) is 0. The summed E-state index contributed by atoms with van der Waals surface area (Å²) >= 11 is 9.76. The lowest BCUT2D eigenvalue weighted by Crippen LogP contribution is -2.44. The maximum Gasteiger partial charge on any atom is 0.262 e. The van der Waals surface area contributed by atoms with Gasteiger partial charge in [0.1, 0.15) is 5.75 Å². The number of amides is 4. The van der Waals surface area contributed by atoms with Crippen molar-refractivity contribution in [1.29, 1.82) is 0 Å². The van der Waals surface area contributed by atoms with Gasteiger partial charge in [0.2, 0.25) is 23.6 Å². The number of fused-ring (bicyclic) bond motifs is 1. The van der Waals surface area contributed by atoms with Crippen LogP contribution in [0, 0.1) is 6.92 Å². The summed E-state index contributed by atoms with van der Waals surface area (Å²) < 4.78 is 7.48. The monoisotopic (exact) mass is 651 g/mol. The number of thiol groups is 1. The zero-order valence-electron chi connectivity index (χ0n) is 24.8. The van der Waals surface area contributed by atoms with Crippen molar-refractivity contribution in [2.75, 3.05) is 25.4 Å². The topological polar surface area (TPSA) is 148 Å². The van der Waals surface area contributed by atoms with E-state index in [0.717, 1.165) is 28.6 Å². The molecule has 1 heterocycles. The molecule has 0 spiro atoms. The fraction of sp³-hybridized carbons (Fsp3) is 0.219. The molecule has 0 unspecified atom stereocenters. The Kier molecular flexibility index (Phi) is 13.5. The minimum atomic E-state index is -0.558. The van der Waals surface area contributed by atoms with E-state index in [-0.39, 0.29) is 31.3 Å². The number of benzene rings is 2. The Hall–Kier alpha value is -4.81. The molecule has 0 radical (unpaired) electrons. The van der Waals surface area contributed by atoms with E-state index in [1.54, 1.807) is 59.2 Å². The smallest absolute Gasteiger partial charge is 0.262 e. The molecule has 11 nitrogen and oxygen atoms in total. The molecule has 2 aromatic carbocycles. The van der Waals surface area contributed by atoms with Crippen LogP contribution >= 0.6 is 24.2 Å². The number of aryl methyl sites for hydroxylation is 1. The fourth-order valence-corrected chi connectivity index (χ4v) is 4.46. The third kappa shape index (κ3) is 10.4. The molecule has 13 heteroatoms. The Bertz CT molecular complexity index is 1650. The summed E-state index contributed by atoms with van der Waals surface area (Å²) in [4.78, 5) is 59.5. The van der Waals surface area contributed by atoms with Gasteiger partial charge in [-0.15, -0.1) is 0 Å². The maximum atomic E-state index is 13.3. The standard InChI is InChI=1S/C32H34ClN5O6S/c1-3-25-21(2)38(32(43)22-8-10-23(33)11-9-22)27-13-12-24(16-26(25)27)44-15-7-5-4-6-14-34-28(39)17-35-29(40)18-36-30(41)19-37-31(42)20-45/h4-16,45H,3,17-20H2,1-2H3,(H,34,39)(H,35,40)(H,36,41)(H,37,42)/b5-4+,14-6+,15-7-. The summed E-state index contributed by atoms with van der Waals surface area (Å²) in [6.07, 6.45) is 10.3. The van der Waals surface area contributed by atoms with Crippen LogP contribution in [0.15, 0.2) is 79.2 Å². The first-order chi connectivity index (χ1) is 21.6. The Labute approximate surface area is 271 Å². The van der Waals surface area contributed by atoms with Gasteiger partial charge >= 0.3 is 0 Å². The third-order valence-electron chi connectivity index (χ3n) is 6.39. The maximum absolute atomic E-state index is 13.3. The highest BCUT2D eigenvalue weighted by Gasteiger charge is 2.19. The molecule has 4 N–H and O–H groups in total. The number of halogens is 1. The van der Waals surface area contributed by atoms with E-state index in [0.29, 0.717) is 16.3 Å². The molecule has 3 aromatic rings. The van der Waals surface area contributed by atoms with Gasteiger partial charge in [-0.3, -0.25) is 28.5 Å². The molecule has 0 atom stereocenters. The number of nitrogens with one attached hydrogen (secondary N) is 4. The minimum absolute atomic E-state index is 0.0514. The number of rotatable bonds is 14. The first kappa shape index (κ1) is 34.7. The van der Waals surface area contributed by atoms with Crippen molar-refractivity contribution >= 4 is 64.7 Å². The minimum Gasteiger partial charge on any atom is -0.465 e. The van der Waals surface area contributed by atoms with Crippen molar-refractivity contribution in [3.05, 3.63) is 101 Å². The Balaban J connectivity index is 1.45. The molecule has 0 saturated heterocycles. The van der Waals surface area contributed by atoms with Crippen molar-refractivity contribution < 1.29 is 28.7 Å². The molecule has 0 aliphatic carbocycles. The number of carbonyl (C=O) groups excluding carboxylic acids is 5. The number of hydrogen-bond donors (Lipinski definition) is 5. The largest absolute Gasteiger partial charge is 0.465 e. The first-order valence-electron chi connectivity index (χ1n) is 13.9. The van der Waals surface area contributed by atoms with Crippen LogP contribution in [-0.2, 0) is 25.6 Å². The van der Waals surface area contributed by atoms with Crippen LogP contribution in [0.4, 0.5) is 0 Å². The summed E-state index contributed by atoms with van der Waals surface area (Å²) in [6.45, 7) is 3.09. The molecule has 236 valence electrons. The van der Waals surface area contributed by atoms with E-state index in [1.807, 2.05) is 26.0 Å². The molecule has 0 fully saturated rings. The normalized spacial score (nSPS) is 11.3. The highest BCUT2D eigenvalue weighted by atomic mass is 35.5. The van der Waals surface area contributed by atoms with Gasteiger partial charge in [0, 0.05) is 27.9 Å². The number of allylic oxidation sites excluding steroid dienone is 4. The fourth-order valence-electron chi connectivity index (χ4n) is 4.22. The van der Waals surface area contributed by atoms with Crippen LogP contribution in [0.1, 0.15) is 28.5 Å². The van der Waals surface area contributed by atoms with Crippen molar-refractivity contribution in [3.63, 3.8) is 0 Å². The first-order valence-corrected chi connectivity index (χ1v) is 14.9. The van der Waals surface area contributed by atoms with Crippen LogP contribution in [-0.4, -0.2) is 59.5 Å². The Morgan fingerprint density at radius 1 is 0.844 bits per heavy atom. The number of nitrogens with zero attached hydrogens (tertiary/aromatic N) is 1. The third-order valence-corrected chi connectivity index (χ3v) is 6.93. The Morgan fingerprint density at radius 2 is 1.47 bits per heavy atom. The highest BCUT2D eigenvalue weighted by molar-refractivity contribution is 7.81. The zero-order chi connectivity index (χ0) is 32.8. The van der Waals surface area contributed by atoms with Gasteiger partial charge in [0.25, 0.3) is 5.91 Å². The second-order valence-corrected chi connectivity index (χ2v) is 10.2. The summed E-state index contributed by atoms with van der Waals surface area (Å²) in [5, 5.41) is 11.0. The summed E-state index contributed by atoms with van der Waals surface area (Å²) in [5.41, 5.74) is 3.28. The number of hydrogen-bond acceptors (Lipinski definition) is 7. The van der Waals surface area contributed by atoms with Gasteiger partial charge in [-0.05, 0) is 73.5 Å². The van der Waals surface area contributed by atoms with Gasteiger partial charge in [-0.1, -0.05) is 30.7 Å². The van der Waals surface area contributed by atoms with Crippen LogP contribution < -0.4 is 26.0 Å².